The van der Waals surface area contributed by atoms with E-state index in [1.54, 1.807) is 30.2 Å². The number of carbonyl (C=O) groups is 2. The fraction of sp³-hybridized carbons (Fsp3) is 0.333. The van der Waals surface area contributed by atoms with Gasteiger partial charge < -0.3 is 19.5 Å². The number of Topliss-reactive ketones (excluding diaryl/α,β-unsaturated/α-hetero) is 1. The average molecular weight is 486 g/mol. The quantitative estimate of drug-likeness (QED) is 0.386. The van der Waals surface area contributed by atoms with Gasteiger partial charge in [-0.15, -0.1) is 0 Å². The van der Waals surface area contributed by atoms with Crippen LogP contribution in [0.15, 0.2) is 52.5 Å². The SMILES string of the molecule is COc1ccc(/C(O)=C2\C(=O)C(=O)N(CC3CCCO3)C2c2ccccc2C)cc1Br. The fourth-order valence-electron chi connectivity index (χ4n) is 4.26. The van der Waals surface area contributed by atoms with E-state index < -0.39 is 17.7 Å². The molecule has 0 radical (unpaired) electrons. The molecule has 2 aromatic carbocycles. The van der Waals surface area contributed by atoms with Crippen molar-refractivity contribution in [1.29, 1.82) is 0 Å². The summed E-state index contributed by atoms with van der Waals surface area (Å²) in [7, 11) is 1.55. The van der Waals surface area contributed by atoms with Gasteiger partial charge in [-0.05, 0) is 65.0 Å². The van der Waals surface area contributed by atoms with Crippen LogP contribution in [0, 0.1) is 6.92 Å². The van der Waals surface area contributed by atoms with Crippen LogP contribution in [0.2, 0.25) is 0 Å². The lowest BCUT2D eigenvalue weighted by Gasteiger charge is -2.28. The Bertz CT molecular complexity index is 1060. The maximum absolute atomic E-state index is 13.1. The molecule has 31 heavy (non-hydrogen) atoms. The van der Waals surface area contributed by atoms with Crippen molar-refractivity contribution in [3.8, 4) is 5.75 Å². The minimum atomic E-state index is -0.685. The number of nitrogens with zero attached hydrogens (tertiary/aromatic N) is 1. The van der Waals surface area contributed by atoms with Gasteiger partial charge in [0.1, 0.15) is 11.5 Å². The summed E-state index contributed by atoms with van der Waals surface area (Å²) in [6.07, 6.45) is 1.66. The van der Waals surface area contributed by atoms with E-state index in [1.165, 1.54) is 0 Å². The molecular weight excluding hydrogens is 462 g/mol. The molecule has 2 unspecified atom stereocenters. The minimum absolute atomic E-state index is 0.0920. The number of aliphatic hydroxyl groups excluding tert-OH is 1. The summed E-state index contributed by atoms with van der Waals surface area (Å²) in [5, 5.41) is 11.2. The van der Waals surface area contributed by atoms with Crippen LogP contribution in [0.5, 0.6) is 5.75 Å². The van der Waals surface area contributed by atoms with Crippen molar-refractivity contribution in [2.75, 3.05) is 20.3 Å². The Labute approximate surface area is 189 Å². The maximum Gasteiger partial charge on any atom is 0.295 e. The molecule has 0 aliphatic carbocycles. The number of rotatable bonds is 5. The fourth-order valence-corrected chi connectivity index (χ4v) is 4.80. The van der Waals surface area contributed by atoms with Crippen LogP contribution in [0.4, 0.5) is 0 Å². The minimum Gasteiger partial charge on any atom is -0.507 e. The number of halogens is 1. The first-order valence-corrected chi connectivity index (χ1v) is 11.0. The first-order chi connectivity index (χ1) is 14.9. The van der Waals surface area contributed by atoms with E-state index in [0.29, 0.717) is 28.9 Å². The Morgan fingerprint density at radius 2 is 2.03 bits per heavy atom. The number of methoxy groups -OCH3 is 1. The monoisotopic (exact) mass is 485 g/mol. The molecule has 0 aromatic heterocycles. The lowest BCUT2D eigenvalue weighted by Crippen LogP contribution is -2.36. The first-order valence-electron chi connectivity index (χ1n) is 10.2. The maximum atomic E-state index is 13.1. The van der Waals surface area contributed by atoms with E-state index in [2.05, 4.69) is 15.9 Å². The molecular formula is C24H24BrNO5. The molecule has 7 heteroatoms. The topological polar surface area (TPSA) is 76.1 Å². The van der Waals surface area contributed by atoms with Crippen LogP contribution in [0.25, 0.3) is 5.76 Å². The Morgan fingerprint density at radius 1 is 1.26 bits per heavy atom. The highest BCUT2D eigenvalue weighted by atomic mass is 79.9. The lowest BCUT2D eigenvalue weighted by atomic mass is 9.92. The number of aryl methyl sites for hydroxylation is 1. The summed E-state index contributed by atoms with van der Waals surface area (Å²) in [4.78, 5) is 27.7. The number of hydrogen-bond acceptors (Lipinski definition) is 5. The largest absolute Gasteiger partial charge is 0.507 e. The highest BCUT2D eigenvalue weighted by molar-refractivity contribution is 9.10. The van der Waals surface area contributed by atoms with Gasteiger partial charge in [0, 0.05) is 18.7 Å². The number of hydrogen-bond donors (Lipinski definition) is 1. The van der Waals surface area contributed by atoms with E-state index in [-0.39, 0.29) is 17.4 Å². The van der Waals surface area contributed by atoms with Crippen LogP contribution in [0.1, 0.15) is 35.6 Å². The first kappa shape index (κ1) is 21.6. The zero-order valence-corrected chi connectivity index (χ0v) is 19.0. The second-order valence-corrected chi connectivity index (χ2v) is 8.65. The van der Waals surface area contributed by atoms with Gasteiger partial charge in [0.15, 0.2) is 0 Å². The van der Waals surface area contributed by atoms with Crippen LogP contribution in [-0.2, 0) is 14.3 Å². The number of amides is 1. The van der Waals surface area contributed by atoms with Crippen molar-refractivity contribution in [2.45, 2.75) is 31.9 Å². The van der Waals surface area contributed by atoms with Crippen molar-refractivity contribution in [3.05, 3.63) is 69.2 Å². The standard InChI is InChI=1S/C24H24BrNO5/c1-14-6-3-4-8-17(14)21-20(22(27)15-9-10-19(30-2)18(25)12-15)23(28)24(29)26(21)13-16-7-5-11-31-16/h3-4,6,8-10,12,16,21,27H,5,7,11,13H2,1-2H3/b22-20+. The number of ether oxygens (including phenoxy) is 2. The summed E-state index contributed by atoms with van der Waals surface area (Å²) < 4.78 is 11.6. The Morgan fingerprint density at radius 3 is 2.68 bits per heavy atom. The van der Waals surface area contributed by atoms with E-state index in [4.69, 9.17) is 9.47 Å². The Balaban J connectivity index is 1.85. The van der Waals surface area contributed by atoms with Crippen molar-refractivity contribution in [1.82, 2.24) is 4.90 Å². The predicted octanol–water partition coefficient (Wildman–Crippen LogP) is 4.37. The summed E-state index contributed by atoms with van der Waals surface area (Å²) >= 11 is 3.42. The van der Waals surface area contributed by atoms with E-state index in [1.807, 2.05) is 31.2 Å². The molecule has 1 amide bonds. The molecule has 2 fully saturated rings. The summed E-state index contributed by atoms with van der Waals surface area (Å²) in [5.41, 5.74) is 2.28. The average Bonchev–Trinajstić information content (AvgIpc) is 3.36. The van der Waals surface area contributed by atoms with Crippen molar-refractivity contribution >= 4 is 33.4 Å². The van der Waals surface area contributed by atoms with Crippen LogP contribution >= 0.6 is 15.9 Å². The predicted molar refractivity (Wildman–Crippen MR) is 120 cm³/mol. The molecule has 1 N–H and O–H groups in total. The highest BCUT2D eigenvalue weighted by Crippen LogP contribution is 2.41. The van der Waals surface area contributed by atoms with Crippen molar-refractivity contribution in [2.24, 2.45) is 0 Å². The molecule has 0 saturated carbocycles. The number of likely N-dealkylation sites (tertiary alicyclic amines) is 1. The molecule has 2 atom stereocenters. The van der Waals surface area contributed by atoms with Crippen LogP contribution < -0.4 is 4.74 Å². The molecule has 2 aromatic rings. The van der Waals surface area contributed by atoms with Gasteiger partial charge in [-0.25, -0.2) is 0 Å². The van der Waals surface area contributed by atoms with E-state index in [9.17, 15) is 14.7 Å². The van der Waals surface area contributed by atoms with Gasteiger partial charge >= 0.3 is 0 Å². The molecule has 2 saturated heterocycles. The summed E-state index contributed by atoms with van der Waals surface area (Å²) in [6.45, 7) is 2.90. The molecule has 0 bridgehead atoms. The lowest BCUT2D eigenvalue weighted by molar-refractivity contribution is -0.140. The molecule has 2 aliphatic heterocycles. The van der Waals surface area contributed by atoms with Crippen molar-refractivity contribution in [3.63, 3.8) is 0 Å². The molecule has 2 heterocycles. The second-order valence-electron chi connectivity index (χ2n) is 7.79. The summed E-state index contributed by atoms with van der Waals surface area (Å²) in [5.74, 6) is -0.899. The number of carbonyl (C=O) groups excluding carboxylic acids is 2. The molecule has 2 aliphatic rings. The van der Waals surface area contributed by atoms with Gasteiger partial charge in [-0.1, -0.05) is 24.3 Å². The number of ketones is 1. The van der Waals surface area contributed by atoms with Gasteiger partial charge in [0.2, 0.25) is 0 Å². The van der Waals surface area contributed by atoms with Gasteiger partial charge in [0.05, 0.1) is 29.3 Å². The molecule has 6 nitrogen and oxygen atoms in total. The van der Waals surface area contributed by atoms with E-state index in [0.717, 1.165) is 24.0 Å². The van der Waals surface area contributed by atoms with Gasteiger partial charge in [-0.3, -0.25) is 9.59 Å². The Kier molecular flexibility index (Phi) is 6.16. The molecule has 0 spiro atoms. The third-order valence-corrected chi connectivity index (χ3v) is 6.49. The molecule has 162 valence electrons. The van der Waals surface area contributed by atoms with Crippen molar-refractivity contribution < 1.29 is 24.2 Å². The zero-order valence-electron chi connectivity index (χ0n) is 17.4. The summed E-state index contributed by atoms with van der Waals surface area (Å²) in [6, 6.07) is 12.0. The van der Waals surface area contributed by atoms with Crippen LogP contribution in [-0.4, -0.2) is 48.1 Å². The second kappa shape index (κ2) is 8.85. The normalized spacial score (nSPS) is 22.9. The van der Waals surface area contributed by atoms with Gasteiger partial charge in [0.25, 0.3) is 11.7 Å². The zero-order chi connectivity index (χ0) is 22.1. The molecule has 4 rings (SSSR count). The smallest absolute Gasteiger partial charge is 0.295 e. The van der Waals surface area contributed by atoms with Gasteiger partial charge in [-0.2, -0.15) is 0 Å². The highest BCUT2D eigenvalue weighted by Gasteiger charge is 2.47. The number of benzene rings is 2. The number of aliphatic hydroxyl groups is 1. The Hall–Kier alpha value is -2.64. The van der Waals surface area contributed by atoms with Crippen LogP contribution in [0.3, 0.4) is 0 Å². The third-order valence-electron chi connectivity index (χ3n) is 5.87. The third kappa shape index (κ3) is 4.00. The van der Waals surface area contributed by atoms with E-state index >= 15 is 0 Å².